The molecule has 0 atom stereocenters. The van der Waals surface area contributed by atoms with Gasteiger partial charge in [-0.3, -0.25) is 4.79 Å². The second kappa shape index (κ2) is 4.19. The van der Waals surface area contributed by atoms with Crippen LogP contribution in [0.15, 0.2) is 17.1 Å². The lowest BCUT2D eigenvalue weighted by atomic mass is 10.1. The third kappa shape index (κ3) is 2.29. The molecule has 1 aromatic heterocycles. The lowest BCUT2D eigenvalue weighted by Crippen LogP contribution is -2.24. The summed E-state index contributed by atoms with van der Waals surface area (Å²) in [5.41, 5.74) is 2.26. The van der Waals surface area contributed by atoms with Crippen molar-refractivity contribution in [3.63, 3.8) is 0 Å². The number of pyridine rings is 1. The van der Waals surface area contributed by atoms with Gasteiger partial charge in [-0.1, -0.05) is 0 Å². The van der Waals surface area contributed by atoms with Crippen molar-refractivity contribution in [2.75, 3.05) is 13.7 Å². The Morgan fingerprint density at radius 3 is 2.87 bits per heavy atom. The smallest absolute Gasteiger partial charge is 0.253 e. The normalized spacial score (nSPS) is 15.6. The number of aryl methyl sites for hydroxylation is 1. The predicted octanol–water partition coefficient (Wildman–Crippen LogP) is 1.68. The minimum Gasteiger partial charge on any atom is -0.383 e. The third-order valence-corrected chi connectivity index (χ3v) is 2.87. The molecule has 1 saturated carbocycles. The largest absolute Gasteiger partial charge is 0.383 e. The van der Waals surface area contributed by atoms with Crippen molar-refractivity contribution >= 4 is 0 Å². The average molecular weight is 207 g/mol. The van der Waals surface area contributed by atoms with E-state index < -0.39 is 0 Å². The van der Waals surface area contributed by atoms with E-state index in [1.807, 2.05) is 19.2 Å². The minimum atomic E-state index is 0.108. The van der Waals surface area contributed by atoms with E-state index in [0.29, 0.717) is 19.1 Å². The maximum atomic E-state index is 11.8. The van der Waals surface area contributed by atoms with Crippen LogP contribution in [0.5, 0.6) is 0 Å². The maximum Gasteiger partial charge on any atom is 0.253 e. The van der Waals surface area contributed by atoms with E-state index in [4.69, 9.17) is 4.74 Å². The molecule has 0 bridgehead atoms. The van der Waals surface area contributed by atoms with E-state index in [0.717, 1.165) is 5.56 Å². The molecule has 0 amide bonds. The minimum absolute atomic E-state index is 0.108. The Bertz CT molecular complexity index is 405. The molecular formula is C12H17NO2. The van der Waals surface area contributed by atoms with Crippen LogP contribution in [0, 0.1) is 6.92 Å². The van der Waals surface area contributed by atoms with Crippen molar-refractivity contribution in [1.29, 1.82) is 0 Å². The summed E-state index contributed by atoms with van der Waals surface area (Å²) in [5.74, 6) is 0.693. The molecule has 0 spiro atoms. The monoisotopic (exact) mass is 207 g/mol. The van der Waals surface area contributed by atoms with Gasteiger partial charge in [-0.15, -0.1) is 0 Å². The fraction of sp³-hybridized carbons (Fsp3) is 0.583. The van der Waals surface area contributed by atoms with Gasteiger partial charge in [-0.05, 0) is 37.3 Å². The molecule has 2 rings (SSSR count). The molecule has 0 aliphatic heterocycles. The number of ether oxygens (including phenoxy) is 1. The molecule has 0 saturated heterocycles. The topological polar surface area (TPSA) is 31.2 Å². The van der Waals surface area contributed by atoms with Gasteiger partial charge in [0.2, 0.25) is 0 Å². The Labute approximate surface area is 89.7 Å². The number of methoxy groups -OCH3 is 1. The van der Waals surface area contributed by atoms with E-state index in [1.165, 1.54) is 18.4 Å². The molecule has 82 valence electrons. The molecule has 1 heterocycles. The summed E-state index contributed by atoms with van der Waals surface area (Å²) in [6.07, 6.45) is 4.52. The van der Waals surface area contributed by atoms with Gasteiger partial charge in [-0.25, -0.2) is 0 Å². The van der Waals surface area contributed by atoms with Crippen molar-refractivity contribution < 1.29 is 4.74 Å². The molecule has 1 aliphatic carbocycles. The van der Waals surface area contributed by atoms with Crippen molar-refractivity contribution in [1.82, 2.24) is 4.57 Å². The molecule has 0 N–H and O–H groups in total. The van der Waals surface area contributed by atoms with Gasteiger partial charge < -0.3 is 9.30 Å². The molecule has 1 aliphatic rings. The van der Waals surface area contributed by atoms with Crippen molar-refractivity contribution in [3.8, 4) is 0 Å². The number of hydrogen-bond acceptors (Lipinski definition) is 2. The van der Waals surface area contributed by atoms with Crippen LogP contribution in [0.25, 0.3) is 0 Å². The fourth-order valence-corrected chi connectivity index (χ4v) is 1.81. The average Bonchev–Trinajstić information content (AvgIpc) is 3.03. The molecule has 15 heavy (non-hydrogen) atoms. The number of hydrogen-bond donors (Lipinski definition) is 0. The Hall–Kier alpha value is -1.09. The maximum absolute atomic E-state index is 11.8. The second-order valence-corrected chi connectivity index (χ2v) is 4.22. The molecule has 3 heteroatoms. The van der Waals surface area contributed by atoms with Crippen molar-refractivity contribution in [2.45, 2.75) is 32.2 Å². The lowest BCUT2D eigenvalue weighted by molar-refractivity contribution is 0.186. The standard InChI is InChI=1S/C12H17NO2/c1-9-7-11(10-3-4-10)8-13(12(9)14)5-6-15-2/h7-8,10H,3-6H2,1-2H3. The van der Waals surface area contributed by atoms with Crippen molar-refractivity contribution in [3.05, 3.63) is 33.7 Å². The van der Waals surface area contributed by atoms with E-state index >= 15 is 0 Å². The SMILES string of the molecule is COCCn1cc(C2CC2)cc(C)c1=O. The van der Waals surface area contributed by atoms with E-state index in [-0.39, 0.29) is 5.56 Å². The van der Waals surface area contributed by atoms with Gasteiger partial charge in [0.25, 0.3) is 5.56 Å². The highest BCUT2D eigenvalue weighted by Gasteiger charge is 2.24. The second-order valence-electron chi connectivity index (χ2n) is 4.22. The van der Waals surface area contributed by atoms with Crippen LogP contribution in [0.1, 0.15) is 29.9 Å². The number of aromatic nitrogens is 1. The van der Waals surface area contributed by atoms with E-state index in [9.17, 15) is 4.79 Å². The third-order valence-electron chi connectivity index (χ3n) is 2.87. The van der Waals surface area contributed by atoms with E-state index in [2.05, 4.69) is 0 Å². The first-order chi connectivity index (χ1) is 7.22. The number of nitrogens with zero attached hydrogens (tertiary/aromatic N) is 1. The first-order valence-corrected chi connectivity index (χ1v) is 5.42. The van der Waals surface area contributed by atoms with Crippen LogP contribution in [0.2, 0.25) is 0 Å². The van der Waals surface area contributed by atoms with Crippen LogP contribution in [-0.2, 0) is 11.3 Å². The number of rotatable bonds is 4. The van der Waals surface area contributed by atoms with Gasteiger partial charge in [0.05, 0.1) is 6.61 Å². The molecule has 1 aromatic rings. The van der Waals surface area contributed by atoms with Gasteiger partial charge in [-0.2, -0.15) is 0 Å². The first kappa shape index (κ1) is 10.4. The summed E-state index contributed by atoms with van der Waals surface area (Å²) in [5, 5.41) is 0. The highest BCUT2D eigenvalue weighted by atomic mass is 16.5. The van der Waals surface area contributed by atoms with Gasteiger partial charge in [0, 0.05) is 25.4 Å². The van der Waals surface area contributed by atoms with Crippen LogP contribution in [0.3, 0.4) is 0 Å². The summed E-state index contributed by atoms with van der Waals surface area (Å²) < 4.78 is 6.77. The lowest BCUT2D eigenvalue weighted by Gasteiger charge is -2.09. The molecule has 0 unspecified atom stereocenters. The van der Waals surface area contributed by atoms with Crippen LogP contribution in [-0.4, -0.2) is 18.3 Å². The summed E-state index contributed by atoms with van der Waals surface area (Å²) in [7, 11) is 1.66. The Morgan fingerprint density at radius 2 is 2.27 bits per heavy atom. The Balaban J connectivity index is 2.29. The predicted molar refractivity (Wildman–Crippen MR) is 59.3 cm³/mol. The molecule has 0 aromatic carbocycles. The fourth-order valence-electron chi connectivity index (χ4n) is 1.81. The quantitative estimate of drug-likeness (QED) is 0.752. The van der Waals surface area contributed by atoms with Crippen LogP contribution < -0.4 is 5.56 Å². The summed E-state index contributed by atoms with van der Waals surface area (Å²) in [6.45, 7) is 3.13. The highest BCUT2D eigenvalue weighted by molar-refractivity contribution is 5.25. The van der Waals surface area contributed by atoms with Gasteiger partial charge in [0.15, 0.2) is 0 Å². The van der Waals surface area contributed by atoms with Gasteiger partial charge >= 0.3 is 0 Å². The zero-order valence-electron chi connectivity index (χ0n) is 9.32. The Kier molecular flexibility index (Phi) is 2.91. The molecule has 1 fully saturated rings. The van der Waals surface area contributed by atoms with Crippen LogP contribution >= 0.6 is 0 Å². The van der Waals surface area contributed by atoms with Crippen molar-refractivity contribution in [2.24, 2.45) is 0 Å². The van der Waals surface area contributed by atoms with Crippen LogP contribution in [0.4, 0.5) is 0 Å². The highest BCUT2D eigenvalue weighted by Crippen LogP contribution is 2.39. The first-order valence-electron chi connectivity index (χ1n) is 5.42. The zero-order valence-corrected chi connectivity index (χ0v) is 9.32. The zero-order chi connectivity index (χ0) is 10.8. The molecule has 0 radical (unpaired) electrons. The summed E-state index contributed by atoms with van der Waals surface area (Å²) >= 11 is 0. The summed E-state index contributed by atoms with van der Waals surface area (Å²) in [6, 6.07) is 2.03. The Morgan fingerprint density at radius 1 is 1.53 bits per heavy atom. The van der Waals surface area contributed by atoms with Gasteiger partial charge in [0.1, 0.15) is 0 Å². The molecule has 3 nitrogen and oxygen atoms in total. The molecular weight excluding hydrogens is 190 g/mol. The summed E-state index contributed by atoms with van der Waals surface area (Å²) in [4.78, 5) is 11.8. The van der Waals surface area contributed by atoms with E-state index in [1.54, 1.807) is 11.7 Å².